The molecule has 0 saturated heterocycles. The first kappa shape index (κ1) is 42.6. The van der Waals surface area contributed by atoms with Gasteiger partial charge in [-0.1, -0.05) is 48.6 Å². The summed E-state index contributed by atoms with van der Waals surface area (Å²) in [4.78, 5) is 26.1. The van der Waals surface area contributed by atoms with Gasteiger partial charge in [0, 0.05) is 45.0 Å². The Hall–Kier alpha value is -5.50. The fraction of sp³-hybridized carbons (Fsp3) is 0.262. The molecule has 0 spiro atoms. The fourth-order valence-electron chi connectivity index (χ4n) is 8.48. The molecular weight excluding hydrogens is 837 g/mol. The number of rotatable bonds is 12. The minimum Gasteiger partial charge on any atom is -0.465 e. The third kappa shape index (κ3) is 7.16. The van der Waals surface area contributed by atoms with E-state index in [1.54, 1.807) is 86.1 Å². The van der Waals surface area contributed by atoms with Gasteiger partial charge in [-0.05, 0) is 82.0 Å². The summed E-state index contributed by atoms with van der Waals surface area (Å²) in [5, 5.41) is 2.55. The molecule has 15 nitrogen and oxygen atoms in total. The molecule has 2 heterocycles. The van der Waals surface area contributed by atoms with Crippen LogP contribution in [0.1, 0.15) is 46.1 Å². The minimum atomic E-state index is -5.02. The van der Waals surface area contributed by atoms with Gasteiger partial charge in [-0.25, -0.2) is 0 Å². The summed E-state index contributed by atoms with van der Waals surface area (Å²) in [7, 11) is -14.5. The van der Waals surface area contributed by atoms with E-state index < -0.39 is 57.5 Å². The molecule has 3 N–H and O–H groups in total. The number of hydrogen-bond donors (Lipinski definition) is 3. The molecular formula is C42H41N2O13S3+. The summed E-state index contributed by atoms with van der Waals surface area (Å²) in [6.07, 6.45) is 8.36. The highest BCUT2D eigenvalue weighted by atomic mass is 32.2. The van der Waals surface area contributed by atoms with E-state index in [1.165, 1.54) is 12.1 Å². The Morgan fingerprint density at radius 2 is 1.33 bits per heavy atom. The van der Waals surface area contributed by atoms with Crippen LogP contribution in [0, 0.1) is 5.41 Å². The molecule has 18 heteroatoms. The van der Waals surface area contributed by atoms with Crippen molar-refractivity contribution in [1.29, 1.82) is 0 Å². The van der Waals surface area contributed by atoms with Crippen LogP contribution >= 0.6 is 0 Å². The monoisotopic (exact) mass is 877 g/mol. The van der Waals surface area contributed by atoms with Crippen molar-refractivity contribution in [2.75, 3.05) is 19.8 Å². The van der Waals surface area contributed by atoms with E-state index in [0.29, 0.717) is 50.5 Å². The number of carbonyl (C=O) groups excluding carboxylic acids is 2. The van der Waals surface area contributed by atoms with Gasteiger partial charge >= 0.3 is 22.1 Å². The van der Waals surface area contributed by atoms with Gasteiger partial charge in [0.05, 0.1) is 24.2 Å². The van der Waals surface area contributed by atoms with Crippen molar-refractivity contribution in [3.05, 3.63) is 101 Å². The number of esters is 2. The number of benzene rings is 4. The molecule has 5 aromatic rings. The topological polar surface area (TPSA) is 224 Å². The zero-order valence-electron chi connectivity index (χ0n) is 32.9. The number of hydrogen-bond acceptors (Lipinski definition) is 10. The number of allylic oxidation sites excluding steroid dienone is 6. The molecule has 0 atom stereocenters. The summed E-state index contributed by atoms with van der Waals surface area (Å²) >= 11 is 0. The summed E-state index contributed by atoms with van der Waals surface area (Å²) in [6, 6.07) is 13.4. The Morgan fingerprint density at radius 3 is 1.92 bits per heavy atom. The van der Waals surface area contributed by atoms with Crippen LogP contribution in [0.3, 0.4) is 0 Å². The normalized spacial score (nSPS) is 16.8. The smallest absolute Gasteiger partial charge is 0.324 e. The van der Waals surface area contributed by atoms with Crippen molar-refractivity contribution >= 4 is 92.2 Å². The first-order chi connectivity index (χ1) is 28.3. The second-order valence-electron chi connectivity index (χ2n) is 14.3. The highest BCUT2D eigenvalue weighted by Crippen LogP contribution is 2.45. The Balaban J connectivity index is 1.45. The van der Waals surface area contributed by atoms with Crippen LogP contribution < -0.4 is 5.35 Å². The Labute approximate surface area is 345 Å². The van der Waals surface area contributed by atoms with Crippen molar-refractivity contribution in [3.8, 4) is 0 Å². The van der Waals surface area contributed by atoms with Gasteiger partial charge in [-0.2, -0.15) is 29.8 Å². The molecule has 1 aliphatic carbocycles. The van der Waals surface area contributed by atoms with Crippen LogP contribution in [0.15, 0.2) is 105 Å². The maximum atomic E-state index is 13.9. The molecule has 0 saturated carbocycles. The molecule has 4 aromatic carbocycles. The maximum absolute atomic E-state index is 13.9. The number of aryl methyl sites for hydroxylation is 1. The van der Waals surface area contributed by atoms with Crippen LogP contribution in [-0.2, 0) is 56.0 Å². The Bertz CT molecular complexity index is 3190. The fourth-order valence-corrected chi connectivity index (χ4v) is 10.7. The standard InChI is InChI=1S/C42H40N2O13S3/c1-5-43-31(27-11-9-13-29-34(58(47,48)49)20-19-33(43)37(27)29)17-15-25-21-26(24-42(23-25,40(45)56-7-3)41(46)57-8-4)16-18-32-28-12-10-14-30-35(59(50,51)52)22-36(60(53,54)55)39(38(28)30)44(32)6-2/h9-22H,5-8,23-24H2,1-4H3,(H2-,47,48,49,50,51,52,53,54,55)/p+1. The lowest BCUT2D eigenvalue weighted by atomic mass is 9.71. The van der Waals surface area contributed by atoms with Gasteiger partial charge in [0.25, 0.3) is 20.2 Å². The van der Waals surface area contributed by atoms with E-state index in [0.717, 1.165) is 11.6 Å². The molecule has 1 aliphatic heterocycles. The van der Waals surface area contributed by atoms with Gasteiger partial charge in [0.2, 0.25) is 11.4 Å². The molecule has 0 amide bonds. The van der Waals surface area contributed by atoms with Crippen molar-refractivity contribution in [1.82, 2.24) is 4.57 Å². The average molecular weight is 878 g/mol. The third-order valence-electron chi connectivity index (χ3n) is 10.8. The van der Waals surface area contributed by atoms with Gasteiger partial charge in [-0.15, -0.1) is 0 Å². The van der Waals surface area contributed by atoms with Crippen molar-refractivity contribution in [3.63, 3.8) is 0 Å². The lowest BCUT2D eigenvalue weighted by Crippen LogP contribution is -2.44. The van der Waals surface area contributed by atoms with Crippen LogP contribution in [0.5, 0.6) is 0 Å². The second kappa shape index (κ2) is 15.5. The predicted octanol–water partition coefficient (Wildman–Crippen LogP) is 5.69. The van der Waals surface area contributed by atoms with Gasteiger partial charge in [0.1, 0.15) is 16.3 Å². The first-order valence-corrected chi connectivity index (χ1v) is 23.3. The van der Waals surface area contributed by atoms with Gasteiger partial charge in [0.15, 0.2) is 10.3 Å². The lowest BCUT2D eigenvalue weighted by Gasteiger charge is -2.33. The van der Waals surface area contributed by atoms with Crippen LogP contribution in [0.2, 0.25) is 0 Å². The Kier molecular flexibility index (Phi) is 11.0. The SMILES string of the molecule is CCOC(=O)C1(C(=O)OCC)CC(=CC=c2c3cccc4c(S(=O)(=O)O)ccc(c43)n2CC)C=C(C=CC2=[N+](CC)c3c(S(=O)(=O)O)cc(S(=O)(=O)O)c4cccc2c34)C1. The average Bonchev–Trinajstić information content (AvgIpc) is 3.68. The third-order valence-corrected chi connectivity index (χ3v) is 13.5. The molecule has 2 aliphatic rings. The molecule has 0 fully saturated rings. The summed E-state index contributed by atoms with van der Waals surface area (Å²) in [5.74, 6) is -1.60. The van der Waals surface area contributed by atoms with Crippen molar-refractivity contribution < 1.29 is 62.5 Å². The predicted molar refractivity (Wildman–Crippen MR) is 223 cm³/mol. The zero-order chi connectivity index (χ0) is 43.5. The summed E-state index contributed by atoms with van der Waals surface area (Å²) in [5.41, 5.74) is 0.679. The van der Waals surface area contributed by atoms with E-state index in [1.807, 2.05) is 17.6 Å². The second-order valence-corrected chi connectivity index (χ2v) is 18.5. The van der Waals surface area contributed by atoms with Gasteiger partial charge < -0.3 is 14.0 Å². The highest BCUT2D eigenvalue weighted by molar-refractivity contribution is 7.87. The molecule has 0 radical (unpaired) electrons. The van der Waals surface area contributed by atoms with Crippen LogP contribution in [0.4, 0.5) is 5.69 Å². The largest absolute Gasteiger partial charge is 0.465 e. The van der Waals surface area contributed by atoms with E-state index in [-0.39, 0.29) is 54.0 Å². The van der Waals surface area contributed by atoms with E-state index in [9.17, 15) is 48.5 Å². The zero-order valence-corrected chi connectivity index (χ0v) is 35.3. The number of carbonyl (C=O) groups is 2. The maximum Gasteiger partial charge on any atom is 0.324 e. The molecule has 314 valence electrons. The number of ether oxygens (including phenoxy) is 2. The van der Waals surface area contributed by atoms with Crippen molar-refractivity contribution in [2.45, 2.75) is 61.8 Å². The number of aromatic nitrogens is 1. The quantitative estimate of drug-likeness (QED) is 0.0594. The molecule has 0 unspecified atom stereocenters. The van der Waals surface area contributed by atoms with Gasteiger partial charge in [-0.3, -0.25) is 23.2 Å². The lowest BCUT2D eigenvalue weighted by molar-refractivity contribution is -0.433. The minimum absolute atomic E-state index is 0.00615. The van der Waals surface area contributed by atoms with E-state index in [4.69, 9.17) is 9.47 Å². The van der Waals surface area contributed by atoms with E-state index in [2.05, 4.69) is 0 Å². The first-order valence-electron chi connectivity index (χ1n) is 18.9. The van der Waals surface area contributed by atoms with Crippen molar-refractivity contribution in [2.24, 2.45) is 5.41 Å². The number of nitrogens with zero attached hydrogens (tertiary/aromatic N) is 2. The summed E-state index contributed by atoms with van der Waals surface area (Å²) < 4.78 is 120. The van der Waals surface area contributed by atoms with E-state index >= 15 is 0 Å². The highest BCUT2D eigenvalue weighted by Gasteiger charge is 2.51. The molecule has 0 bridgehead atoms. The molecule has 1 aromatic heterocycles. The Morgan fingerprint density at radius 1 is 0.733 bits per heavy atom. The van der Waals surface area contributed by atoms with Crippen LogP contribution in [0.25, 0.3) is 38.5 Å². The molecule has 7 rings (SSSR count). The van der Waals surface area contributed by atoms with Crippen LogP contribution in [-0.4, -0.2) is 85.5 Å². The summed E-state index contributed by atoms with van der Waals surface area (Å²) in [6.45, 7) is 7.47. The molecule has 60 heavy (non-hydrogen) atoms.